The Morgan fingerprint density at radius 1 is 1.53 bits per heavy atom. The zero-order valence-corrected chi connectivity index (χ0v) is 12.3. The van der Waals surface area contributed by atoms with Crippen molar-refractivity contribution >= 4 is 34.8 Å². The Morgan fingerprint density at radius 3 is 2.88 bits per heavy atom. The van der Waals surface area contributed by atoms with Gasteiger partial charge in [-0.2, -0.15) is 0 Å². The van der Waals surface area contributed by atoms with Gasteiger partial charge in [0.15, 0.2) is 0 Å². The van der Waals surface area contributed by atoms with E-state index in [1.165, 1.54) is 4.57 Å². The molecular weight excluding hydrogens is 331 g/mol. The van der Waals surface area contributed by atoms with Crippen LogP contribution in [0.15, 0.2) is 11.2 Å². The molecule has 17 heavy (non-hydrogen) atoms. The lowest BCUT2D eigenvalue weighted by Crippen LogP contribution is -2.38. The van der Waals surface area contributed by atoms with Gasteiger partial charge in [0.25, 0.3) is 0 Å². The molecule has 0 unspecified atom stereocenters. The van der Waals surface area contributed by atoms with Crippen LogP contribution in [0, 0.1) is 3.57 Å². The minimum Gasteiger partial charge on any atom is -0.443 e. The lowest BCUT2D eigenvalue weighted by Gasteiger charge is -2.19. The largest absolute Gasteiger partial charge is 0.443 e. The predicted molar refractivity (Wildman–Crippen MR) is 73.5 cm³/mol. The second-order valence-corrected chi connectivity index (χ2v) is 6.10. The van der Waals surface area contributed by atoms with Gasteiger partial charge in [0.1, 0.15) is 11.1 Å². The summed E-state index contributed by atoms with van der Waals surface area (Å²) in [6, 6.07) is 0. The van der Waals surface area contributed by atoms with Gasteiger partial charge in [-0.15, -0.1) is 0 Å². The summed E-state index contributed by atoms with van der Waals surface area (Å²) >= 11 is 2.21. The number of rotatable bonds is 0. The number of halogens is 1. The Balaban J connectivity index is 2.45. The summed E-state index contributed by atoms with van der Waals surface area (Å²) in [4.78, 5) is 16.4. The average molecular weight is 346 g/mol. The minimum absolute atomic E-state index is 0.365. The number of hydrogen-bond acceptors (Lipinski definition) is 3. The van der Waals surface area contributed by atoms with E-state index in [0.717, 1.165) is 27.2 Å². The molecule has 0 aromatic carbocycles. The molecule has 0 saturated carbocycles. The van der Waals surface area contributed by atoms with E-state index in [2.05, 4.69) is 33.7 Å². The van der Waals surface area contributed by atoms with E-state index in [0.29, 0.717) is 0 Å². The second kappa shape index (κ2) is 4.44. The van der Waals surface area contributed by atoms with E-state index in [4.69, 9.17) is 4.74 Å². The van der Waals surface area contributed by atoms with Crippen molar-refractivity contribution in [3.63, 3.8) is 0 Å². The summed E-state index contributed by atoms with van der Waals surface area (Å²) in [6.45, 7) is 6.30. The van der Waals surface area contributed by atoms with Gasteiger partial charge in [-0.05, 0) is 49.8 Å². The second-order valence-electron chi connectivity index (χ2n) is 4.94. The molecule has 0 radical (unpaired) electrons. The van der Waals surface area contributed by atoms with Gasteiger partial charge in [0.05, 0.1) is 0 Å². The van der Waals surface area contributed by atoms with Crippen molar-refractivity contribution in [2.75, 3.05) is 6.54 Å². The molecule has 1 aliphatic heterocycles. The first-order valence-electron chi connectivity index (χ1n) is 5.53. The van der Waals surface area contributed by atoms with Crippen LogP contribution in [-0.4, -0.2) is 22.8 Å². The van der Waals surface area contributed by atoms with Crippen LogP contribution < -0.4 is 10.7 Å². The van der Waals surface area contributed by atoms with Gasteiger partial charge in [-0.25, -0.2) is 9.36 Å². The lowest BCUT2D eigenvalue weighted by atomic mass is 10.2. The number of hydrogen-bond donors (Lipinski definition) is 0. The Labute approximate surface area is 114 Å². The van der Waals surface area contributed by atoms with Crippen molar-refractivity contribution in [1.29, 1.82) is 0 Å². The van der Waals surface area contributed by atoms with E-state index in [1.54, 1.807) is 6.20 Å². The fourth-order valence-electron chi connectivity index (χ4n) is 1.66. The van der Waals surface area contributed by atoms with Crippen molar-refractivity contribution in [2.45, 2.75) is 32.8 Å². The number of nitrogens with zero attached hydrogens (tertiary/aromatic N) is 2. The quantitative estimate of drug-likeness (QED) is 0.671. The summed E-state index contributed by atoms with van der Waals surface area (Å²) < 4.78 is 7.88. The highest BCUT2D eigenvalue weighted by atomic mass is 127. The number of aromatic nitrogens is 1. The van der Waals surface area contributed by atoms with Crippen LogP contribution in [-0.2, 0) is 4.74 Å². The van der Waals surface area contributed by atoms with Gasteiger partial charge in [-0.1, -0.05) is 6.08 Å². The average Bonchev–Trinajstić information content (AvgIpc) is 2.55. The third kappa shape index (κ3) is 2.70. The van der Waals surface area contributed by atoms with Crippen LogP contribution in [0.5, 0.6) is 0 Å². The molecule has 0 bridgehead atoms. The van der Waals surface area contributed by atoms with Gasteiger partial charge in [0, 0.05) is 21.5 Å². The maximum absolute atomic E-state index is 12.0. The van der Waals surface area contributed by atoms with Crippen molar-refractivity contribution in [2.24, 2.45) is 4.99 Å². The summed E-state index contributed by atoms with van der Waals surface area (Å²) in [5, 5.41) is 1.04. The normalized spacial score (nSPS) is 14.6. The van der Waals surface area contributed by atoms with Gasteiger partial charge < -0.3 is 4.74 Å². The van der Waals surface area contributed by atoms with Crippen LogP contribution in [0.25, 0.3) is 6.08 Å². The third-order valence-electron chi connectivity index (χ3n) is 2.30. The molecule has 92 valence electrons. The third-order valence-corrected chi connectivity index (χ3v) is 3.16. The smallest absolute Gasteiger partial charge is 0.420 e. The summed E-state index contributed by atoms with van der Waals surface area (Å²) in [6.07, 6.45) is 4.47. The molecule has 1 aromatic heterocycles. The Morgan fingerprint density at radius 2 is 2.24 bits per heavy atom. The van der Waals surface area contributed by atoms with Crippen molar-refractivity contribution in [3.8, 4) is 0 Å². The molecular formula is C12H15IN2O2. The maximum Gasteiger partial charge on any atom is 0.420 e. The number of carbonyl (C=O) groups is 1. The number of ether oxygens (including phenoxy) is 1. The fourth-order valence-corrected chi connectivity index (χ4v) is 2.40. The molecule has 5 heteroatoms. The number of carbonyl (C=O) groups excluding carboxylic acids is 1. The first-order valence-corrected chi connectivity index (χ1v) is 6.61. The van der Waals surface area contributed by atoms with Gasteiger partial charge in [-0.3, -0.25) is 4.99 Å². The molecule has 2 rings (SSSR count). The standard InChI is InChI=1S/C12H15IN2O2/c1-12(2,3)17-11(16)15-7-9(13)8-5-4-6-14-10(8)15/h5,7H,4,6H2,1-3H3. The zero-order valence-electron chi connectivity index (χ0n) is 10.2. The van der Waals surface area contributed by atoms with E-state index in [1.807, 2.05) is 20.8 Å². The topological polar surface area (TPSA) is 43.6 Å². The summed E-state index contributed by atoms with van der Waals surface area (Å²) in [5.41, 5.74) is 0.229. The lowest BCUT2D eigenvalue weighted by molar-refractivity contribution is 0.0530. The molecule has 0 aliphatic carbocycles. The summed E-state index contributed by atoms with van der Waals surface area (Å²) in [5.74, 6) is 0. The molecule has 0 atom stereocenters. The number of fused-ring (bicyclic) bond motifs is 1. The van der Waals surface area contributed by atoms with Gasteiger partial charge >= 0.3 is 6.09 Å². The minimum atomic E-state index is -0.488. The Hall–Kier alpha value is -0.850. The van der Waals surface area contributed by atoms with Crippen LogP contribution in [0.2, 0.25) is 0 Å². The predicted octanol–water partition coefficient (Wildman–Crippen LogP) is 1.68. The van der Waals surface area contributed by atoms with E-state index < -0.39 is 5.60 Å². The molecule has 0 saturated heterocycles. The molecule has 2 heterocycles. The molecule has 0 spiro atoms. The van der Waals surface area contributed by atoms with Crippen LogP contribution in [0.1, 0.15) is 27.2 Å². The highest BCUT2D eigenvalue weighted by molar-refractivity contribution is 14.1. The first-order chi connectivity index (χ1) is 7.88. The first kappa shape index (κ1) is 12.6. The van der Waals surface area contributed by atoms with Crippen molar-refractivity contribution < 1.29 is 9.53 Å². The fraction of sp³-hybridized carbons (Fsp3) is 0.500. The highest BCUT2D eigenvalue weighted by Crippen LogP contribution is 2.08. The summed E-state index contributed by atoms with van der Waals surface area (Å²) in [7, 11) is 0. The maximum atomic E-state index is 12.0. The Kier molecular flexibility index (Phi) is 3.29. The van der Waals surface area contributed by atoms with Crippen LogP contribution in [0.3, 0.4) is 0 Å². The molecule has 4 nitrogen and oxygen atoms in total. The van der Waals surface area contributed by atoms with Crippen molar-refractivity contribution in [3.05, 3.63) is 20.5 Å². The highest BCUT2D eigenvalue weighted by Gasteiger charge is 2.20. The van der Waals surface area contributed by atoms with Gasteiger partial charge in [0.2, 0.25) is 0 Å². The molecule has 0 fully saturated rings. The molecule has 1 aromatic rings. The SMILES string of the molecule is CC(C)(C)OC(=O)n1cc(I)c2c1=NCCC=2. The Bertz CT molecular complexity index is 567. The zero-order chi connectivity index (χ0) is 12.6. The van der Waals surface area contributed by atoms with E-state index in [9.17, 15) is 4.79 Å². The molecule has 0 amide bonds. The van der Waals surface area contributed by atoms with Crippen LogP contribution >= 0.6 is 22.6 Å². The molecule has 0 N–H and O–H groups in total. The monoisotopic (exact) mass is 346 g/mol. The van der Waals surface area contributed by atoms with Crippen molar-refractivity contribution in [1.82, 2.24) is 4.57 Å². The molecule has 1 aliphatic rings. The van der Waals surface area contributed by atoms with Crippen LogP contribution in [0.4, 0.5) is 4.79 Å². The van der Waals surface area contributed by atoms with E-state index >= 15 is 0 Å². The van der Waals surface area contributed by atoms with E-state index in [-0.39, 0.29) is 6.09 Å².